The standard InChI is InChI=1S/C24H29O2P/c1-24(2)20-13-22(24)21(23(25)14-20)17-27(26,15-18-9-5-3-6-10-18)16-19-11-7-4-8-12-19/h3-12,20-22H,13-17H2,1-2H3/t20-,21-,22-/m1/s1. The van der Waals surface area contributed by atoms with Crippen molar-refractivity contribution < 1.29 is 9.36 Å². The number of carbonyl (C=O) groups is 1. The Kier molecular flexibility index (Phi) is 4.89. The molecule has 0 heterocycles. The minimum absolute atomic E-state index is 0.0248. The summed E-state index contributed by atoms with van der Waals surface area (Å²) >= 11 is 0. The van der Waals surface area contributed by atoms with E-state index in [0.29, 0.717) is 42.5 Å². The van der Waals surface area contributed by atoms with Crippen LogP contribution < -0.4 is 0 Å². The number of ketones is 1. The predicted octanol–water partition coefficient (Wildman–Crippen LogP) is 6.00. The molecule has 0 aliphatic heterocycles. The molecule has 3 fully saturated rings. The van der Waals surface area contributed by atoms with E-state index >= 15 is 0 Å². The molecule has 0 spiro atoms. The van der Waals surface area contributed by atoms with Crippen LogP contribution in [0.15, 0.2) is 60.7 Å². The average molecular weight is 380 g/mol. The second-order valence-corrected chi connectivity index (χ2v) is 12.3. The minimum atomic E-state index is -2.56. The molecule has 3 aliphatic carbocycles. The van der Waals surface area contributed by atoms with Gasteiger partial charge in [0.1, 0.15) is 5.78 Å². The van der Waals surface area contributed by atoms with E-state index < -0.39 is 7.14 Å². The number of hydrogen-bond acceptors (Lipinski definition) is 2. The number of fused-ring (bicyclic) bond motifs is 2. The van der Waals surface area contributed by atoms with Crippen LogP contribution in [0.1, 0.15) is 37.8 Å². The first-order valence-corrected chi connectivity index (χ1v) is 12.3. The van der Waals surface area contributed by atoms with Crippen LogP contribution in [-0.2, 0) is 21.7 Å². The molecule has 0 unspecified atom stereocenters. The van der Waals surface area contributed by atoms with Crippen molar-refractivity contribution >= 4 is 12.9 Å². The van der Waals surface area contributed by atoms with Gasteiger partial charge in [-0.25, -0.2) is 0 Å². The van der Waals surface area contributed by atoms with Crippen molar-refractivity contribution in [3.05, 3.63) is 71.8 Å². The van der Waals surface area contributed by atoms with Crippen LogP contribution in [0.4, 0.5) is 0 Å². The molecule has 3 atom stereocenters. The largest absolute Gasteiger partial charge is 0.323 e. The molecule has 2 aromatic carbocycles. The summed E-state index contributed by atoms with van der Waals surface area (Å²) in [5, 5.41) is 0. The summed E-state index contributed by atoms with van der Waals surface area (Å²) in [7, 11) is -2.56. The second-order valence-electron chi connectivity index (χ2n) is 9.17. The van der Waals surface area contributed by atoms with E-state index in [1.165, 1.54) is 0 Å². The van der Waals surface area contributed by atoms with Gasteiger partial charge >= 0.3 is 0 Å². The van der Waals surface area contributed by atoms with Crippen LogP contribution >= 0.6 is 7.14 Å². The van der Waals surface area contributed by atoms with Crippen LogP contribution in [-0.4, -0.2) is 11.9 Å². The monoisotopic (exact) mass is 380 g/mol. The summed E-state index contributed by atoms with van der Waals surface area (Å²) in [6.07, 6.45) is 3.56. The van der Waals surface area contributed by atoms with Crippen molar-refractivity contribution in [1.29, 1.82) is 0 Å². The fourth-order valence-electron chi connectivity index (χ4n) is 5.31. The lowest BCUT2D eigenvalue weighted by molar-refractivity contribution is -0.152. The summed E-state index contributed by atoms with van der Waals surface area (Å²) in [5.74, 6) is 1.28. The highest BCUT2D eigenvalue weighted by Gasteiger charge is 2.58. The topological polar surface area (TPSA) is 34.1 Å². The molecule has 2 nitrogen and oxygen atoms in total. The van der Waals surface area contributed by atoms with E-state index in [0.717, 1.165) is 17.5 Å². The lowest BCUT2D eigenvalue weighted by atomic mass is 9.45. The van der Waals surface area contributed by atoms with Gasteiger partial charge in [0.25, 0.3) is 0 Å². The normalized spacial score (nSPS) is 26.4. The zero-order valence-electron chi connectivity index (χ0n) is 16.3. The highest BCUT2D eigenvalue weighted by atomic mass is 31.2. The Labute approximate surface area is 162 Å². The molecule has 2 aromatic rings. The highest BCUT2D eigenvalue weighted by Crippen LogP contribution is 2.64. The summed E-state index contributed by atoms with van der Waals surface area (Å²) < 4.78 is 14.2. The van der Waals surface area contributed by atoms with Gasteiger partial charge in [0, 0.05) is 30.8 Å². The van der Waals surface area contributed by atoms with Crippen molar-refractivity contribution in [2.45, 2.75) is 39.0 Å². The lowest BCUT2D eigenvalue weighted by Gasteiger charge is -2.59. The molecule has 5 rings (SSSR count). The van der Waals surface area contributed by atoms with Crippen LogP contribution in [0.5, 0.6) is 0 Å². The van der Waals surface area contributed by atoms with Crippen molar-refractivity contribution in [2.75, 3.05) is 6.16 Å². The molecule has 0 saturated heterocycles. The molecule has 3 aliphatic rings. The van der Waals surface area contributed by atoms with Crippen LogP contribution in [0.3, 0.4) is 0 Å². The van der Waals surface area contributed by atoms with E-state index in [-0.39, 0.29) is 11.3 Å². The highest BCUT2D eigenvalue weighted by molar-refractivity contribution is 7.62. The molecular formula is C24H29O2P. The molecule has 0 N–H and O–H groups in total. The van der Waals surface area contributed by atoms with Gasteiger partial charge in [0.2, 0.25) is 0 Å². The first-order chi connectivity index (χ1) is 12.9. The predicted molar refractivity (Wildman–Crippen MR) is 111 cm³/mol. The zero-order chi connectivity index (χ0) is 19.1. The maximum Gasteiger partial charge on any atom is 0.137 e. The van der Waals surface area contributed by atoms with Crippen molar-refractivity contribution in [2.24, 2.45) is 23.2 Å². The fraction of sp³-hybridized carbons (Fsp3) is 0.458. The third-order valence-electron chi connectivity index (χ3n) is 7.05. The molecule has 27 heavy (non-hydrogen) atoms. The maximum absolute atomic E-state index is 14.2. The number of hydrogen-bond donors (Lipinski definition) is 0. The Balaban J connectivity index is 1.61. The van der Waals surface area contributed by atoms with Gasteiger partial charge in [-0.05, 0) is 34.8 Å². The van der Waals surface area contributed by atoms with Gasteiger partial charge in [0.15, 0.2) is 0 Å². The number of rotatable bonds is 6. The molecular weight excluding hydrogens is 351 g/mol. The molecule has 0 radical (unpaired) electrons. The van der Waals surface area contributed by atoms with Gasteiger partial charge in [-0.3, -0.25) is 4.79 Å². The quantitative estimate of drug-likeness (QED) is 0.576. The van der Waals surface area contributed by atoms with Crippen LogP contribution in [0.25, 0.3) is 0 Å². The molecule has 3 saturated carbocycles. The Morgan fingerprint density at radius 1 is 0.926 bits per heavy atom. The number of carbonyl (C=O) groups excluding carboxylic acids is 1. The van der Waals surface area contributed by atoms with Gasteiger partial charge in [-0.1, -0.05) is 74.5 Å². The Hall–Kier alpha value is -1.66. The Bertz CT molecular complexity index is 811. The number of benzene rings is 2. The van der Waals surface area contributed by atoms with Gasteiger partial charge in [0.05, 0.1) is 7.14 Å². The summed E-state index contributed by atoms with van der Waals surface area (Å²) in [4.78, 5) is 12.8. The van der Waals surface area contributed by atoms with E-state index in [1.54, 1.807) is 0 Å². The van der Waals surface area contributed by atoms with Crippen molar-refractivity contribution in [1.82, 2.24) is 0 Å². The summed E-state index contributed by atoms with van der Waals surface area (Å²) in [5.41, 5.74) is 2.46. The van der Waals surface area contributed by atoms with E-state index in [9.17, 15) is 9.36 Å². The molecule has 2 bridgehead atoms. The number of Topliss-reactive ketones (excluding diaryl/α,β-unsaturated/α-hetero) is 1. The average Bonchev–Trinajstić information content (AvgIpc) is 2.64. The SMILES string of the molecule is CC1(C)[C@H]2CC(=O)[C@H](CP(=O)(Cc3ccccc3)Cc3ccccc3)[C@H]1C2. The molecule has 0 amide bonds. The third kappa shape index (κ3) is 3.69. The molecule has 142 valence electrons. The van der Waals surface area contributed by atoms with Gasteiger partial charge in [-0.2, -0.15) is 0 Å². The van der Waals surface area contributed by atoms with E-state index in [4.69, 9.17) is 0 Å². The summed E-state index contributed by atoms with van der Waals surface area (Å²) in [6, 6.07) is 20.3. The van der Waals surface area contributed by atoms with Crippen molar-refractivity contribution in [3.8, 4) is 0 Å². The van der Waals surface area contributed by atoms with Gasteiger partial charge in [-0.15, -0.1) is 0 Å². The Morgan fingerprint density at radius 3 is 1.93 bits per heavy atom. The second kappa shape index (κ2) is 7.06. The van der Waals surface area contributed by atoms with Gasteiger partial charge < -0.3 is 4.57 Å². The van der Waals surface area contributed by atoms with Crippen molar-refractivity contribution in [3.63, 3.8) is 0 Å². The lowest BCUT2D eigenvalue weighted by Crippen LogP contribution is -2.56. The minimum Gasteiger partial charge on any atom is -0.323 e. The smallest absolute Gasteiger partial charge is 0.137 e. The van der Waals surface area contributed by atoms with Crippen LogP contribution in [0.2, 0.25) is 0 Å². The summed E-state index contributed by atoms with van der Waals surface area (Å²) in [6.45, 7) is 4.59. The maximum atomic E-state index is 14.2. The fourth-order valence-corrected chi connectivity index (χ4v) is 8.61. The first-order valence-electron chi connectivity index (χ1n) is 10.0. The zero-order valence-corrected chi connectivity index (χ0v) is 17.2. The van der Waals surface area contributed by atoms with E-state index in [2.05, 4.69) is 38.1 Å². The molecule has 3 heteroatoms. The third-order valence-corrected chi connectivity index (χ3v) is 9.99. The first kappa shape index (κ1) is 18.7. The Morgan fingerprint density at radius 2 is 1.44 bits per heavy atom. The van der Waals surface area contributed by atoms with Crippen LogP contribution in [0, 0.1) is 23.2 Å². The van der Waals surface area contributed by atoms with E-state index in [1.807, 2.05) is 36.4 Å². The molecule has 0 aromatic heterocycles.